The minimum atomic E-state index is -0.721. The van der Waals surface area contributed by atoms with Crippen LogP contribution in [-0.2, 0) is 23.9 Å². The molecule has 1 saturated heterocycles. The molecule has 5 rings (SSSR count). The average Bonchev–Trinajstić information content (AvgIpc) is 3.25. The third-order valence-electron chi connectivity index (χ3n) is 7.48. The van der Waals surface area contributed by atoms with Gasteiger partial charge in [0, 0.05) is 5.69 Å². The molecule has 1 heterocycles. The van der Waals surface area contributed by atoms with Gasteiger partial charge in [-0.1, -0.05) is 30.3 Å². The lowest BCUT2D eigenvalue weighted by Gasteiger charge is -2.28. The van der Waals surface area contributed by atoms with E-state index in [2.05, 4.69) is 22.2 Å². The lowest BCUT2D eigenvalue weighted by atomic mass is 9.73. The topological polar surface area (TPSA) is 119 Å². The van der Waals surface area contributed by atoms with Gasteiger partial charge in [-0.05, 0) is 79.3 Å². The monoisotopic (exact) mass is 540 g/mol. The molecule has 2 fully saturated rings. The van der Waals surface area contributed by atoms with E-state index in [1.54, 1.807) is 12.1 Å². The first-order chi connectivity index (χ1) is 19.4. The Bertz CT molecular complexity index is 1430. The van der Waals surface area contributed by atoms with E-state index < -0.39 is 24.5 Å². The maximum absolute atomic E-state index is 13.3. The number of methoxy groups -OCH3 is 1. The SMILES string of the molecule is COC(=O)c1ccc(NC(=O)COC(=O)c2ccc(N3C(=O)[C@H]4C[C@H](c5ccccc5)CC[C@H]4C3=O)cc2)cc1. The standard InChI is InChI=1S/C31H28N2O7/c1-39-30(37)20-7-12-23(13-8-20)32-27(34)18-40-31(38)21-9-14-24(15-10-21)33-28(35)25-16-11-22(17-26(25)29(33)36)19-5-3-2-4-6-19/h2-10,12-15,22,25-26H,11,16-18H2,1H3,(H,32,34)/t22-,25-,26+/m1/s1. The van der Waals surface area contributed by atoms with Crippen molar-refractivity contribution >= 4 is 41.0 Å². The number of hydrogen-bond donors (Lipinski definition) is 1. The number of ether oxygens (including phenoxy) is 2. The van der Waals surface area contributed by atoms with Gasteiger partial charge >= 0.3 is 11.9 Å². The molecular formula is C31H28N2O7. The number of nitrogens with zero attached hydrogens (tertiary/aromatic N) is 1. The van der Waals surface area contributed by atoms with Crippen LogP contribution in [0, 0.1) is 11.8 Å². The van der Waals surface area contributed by atoms with Crippen LogP contribution in [0.15, 0.2) is 78.9 Å². The van der Waals surface area contributed by atoms with Crippen molar-refractivity contribution in [2.75, 3.05) is 23.9 Å². The molecular weight excluding hydrogens is 512 g/mol. The number of nitrogens with one attached hydrogen (secondary N) is 1. The second kappa shape index (κ2) is 11.5. The lowest BCUT2D eigenvalue weighted by Crippen LogP contribution is -2.30. The van der Waals surface area contributed by atoms with Crippen LogP contribution in [0.1, 0.15) is 51.5 Å². The van der Waals surface area contributed by atoms with E-state index in [9.17, 15) is 24.0 Å². The second-order valence-corrected chi connectivity index (χ2v) is 9.89. The quantitative estimate of drug-likeness (QED) is 0.350. The number of fused-ring (bicyclic) bond motifs is 1. The minimum absolute atomic E-state index is 0.180. The average molecular weight is 541 g/mol. The number of anilines is 2. The summed E-state index contributed by atoms with van der Waals surface area (Å²) in [4.78, 5) is 63.9. The van der Waals surface area contributed by atoms with Gasteiger partial charge in [-0.15, -0.1) is 0 Å². The van der Waals surface area contributed by atoms with Crippen molar-refractivity contribution in [3.63, 3.8) is 0 Å². The number of rotatable bonds is 7. The van der Waals surface area contributed by atoms with Crippen LogP contribution in [0.25, 0.3) is 0 Å². The molecule has 3 aromatic rings. The predicted molar refractivity (Wildman–Crippen MR) is 146 cm³/mol. The number of carbonyl (C=O) groups is 5. The molecule has 204 valence electrons. The number of benzene rings is 3. The van der Waals surface area contributed by atoms with Gasteiger partial charge in [0.15, 0.2) is 6.61 Å². The maximum Gasteiger partial charge on any atom is 0.338 e. The van der Waals surface area contributed by atoms with Crippen LogP contribution in [0.5, 0.6) is 0 Å². The number of amides is 3. The Kier molecular flexibility index (Phi) is 7.72. The highest BCUT2D eigenvalue weighted by Gasteiger charge is 2.50. The Morgan fingerprint density at radius 2 is 1.43 bits per heavy atom. The van der Waals surface area contributed by atoms with Crippen LogP contribution in [0.4, 0.5) is 11.4 Å². The van der Waals surface area contributed by atoms with E-state index >= 15 is 0 Å². The molecule has 9 nitrogen and oxygen atoms in total. The molecule has 3 atom stereocenters. The van der Waals surface area contributed by atoms with Gasteiger partial charge in [-0.2, -0.15) is 0 Å². The summed E-state index contributed by atoms with van der Waals surface area (Å²) in [7, 11) is 1.28. The fourth-order valence-electron chi connectivity index (χ4n) is 5.43. The third kappa shape index (κ3) is 5.49. The molecule has 1 aliphatic carbocycles. The summed E-state index contributed by atoms with van der Waals surface area (Å²) >= 11 is 0. The molecule has 0 aromatic heterocycles. The predicted octanol–water partition coefficient (Wildman–Crippen LogP) is 4.34. The second-order valence-electron chi connectivity index (χ2n) is 9.89. The fourth-order valence-corrected chi connectivity index (χ4v) is 5.43. The summed E-state index contributed by atoms with van der Waals surface area (Å²) in [6.45, 7) is -0.519. The molecule has 1 N–H and O–H groups in total. The highest BCUT2D eigenvalue weighted by Crippen LogP contribution is 2.45. The zero-order valence-corrected chi connectivity index (χ0v) is 21.9. The van der Waals surface area contributed by atoms with Gasteiger partial charge < -0.3 is 14.8 Å². The number of hydrogen-bond acceptors (Lipinski definition) is 7. The van der Waals surface area contributed by atoms with E-state index in [0.29, 0.717) is 29.8 Å². The minimum Gasteiger partial charge on any atom is -0.465 e. The van der Waals surface area contributed by atoms with Crippen LogP contribution >= 0.6 is 0 Å². The Morgan fingerprint density at radius 3 is 2.10 bits per heavy atom. The lowest BCUT2D eigenvalue weighted by molar-refractivity contribution is -0.122. The van der Waals surface area contributed by atoms with Crippen molar-refractivity contribution in [3.05, 3.63) is 95.6 Å². The highest BCUT2D eigenvalue weighted by molar-refractivity contribution is 6.22. The van der Waals surface area contributed by atoms with Crippen molar-refractivity contribution in [1.29, 1.82) is 0 Å². The smallest absolute Gasteiger partial charge is 0.338 e. The van der Waals surface area contributed by atoms with Gasteiger partial charge in [0.25, 0.3) is 5.91 Å². The Labute approximate surface area is 231 Å². The van der Waals surface area contributed by atoms with Crippen molar-refractivity contribution in [2.24, 2.45) is 11.8 Å². The van der Waals surface area contributed by atoms with E-state index in [4.69, 9.17) is 4.74 Å². The molecule has 0 spiro atoms. The van der Waals surface area contributed by atoms with Crippen LogP contribution in [0.2, 0.25) is 0 Å². The normalized spacial score (nSPS) is 20.0. The molecule has 2 aliphatic rings. The van der Waals surface area contributed by atoms with E-state index in [1.807, 2.05) is 18.2 Å². The maximum atomic E-state index is 13.3. The third-order valence-corrected chi connectivity index (χ3v) is 7.48. The van der Waals surface area contributed by atoms with Crippen molar-refractivity contribution in [2.45, 2.75) is 25.2 Å². The van der Waals surface area contributed by atoms with Crippen molar-refractivity contribution in [3.8, 4) is 0 Å². The largest absolute Gasteiger partial charge is 0.465 e. The van der Waals surface area contributed by atoms with Crippen molar-refractivity contribution < 1.29 is 33.4 Å². The van der Waals surface area contributed by atoms with E-state index in [0.717, 1.165) is 6.42 Å². The molecule has 9 heteroatoms. The first-order valence-corrected chi connectivity index (χ1v) is 13.0. The van der Waals surface area contributed by atoms with Gasteiger partial charge in [0.2, 0.25) is 11.8 Å². The summed E-state index contributed by atoms with van der Waals surface area (Å²) in [5.74, 6) is -2.62. The molecule has 0 bridgehead atoms. The zero-order valence-electron chi connectivity index (χ0n) is 21.9. The van der Waals surface area contributed by atoms with E-state index in [1.165, 1.54) is 54.0 Å². The molecule has 3 aromatic carbocycles. The molecule has 40 heavy (non-hydrogen) atoms. The molecule has 1 saturated carbocycles. The van der Waals surface area contributed by atoms with E-state index in [-0.39, 0.29) is 35.1 Å². The molecule has 0 unspecified atom stereocenters. The first kappa shape index (κ1) is 26.8. The summed E-state index contributed by atoms with van der Waals surface area (Å²) in [5, 5.41) is 2.58. The van der Waals surface area contributed by atoms with Crippen LogP contribution in [0.3, 0.4) is 0 Å². The molecule has 3 amide bonds. The van der Waals surface area contributed by atoms with Gasteiger partial charge in [0.1, 0.15) is 0 Å². The molecule has 1 aliphatic heterocycles. The number of carbonyl (C=O) groups excluding carboxylic acids is 5. The summed E-state index contributed by atoms with van der Waals surface area (Å²) in [5.41, 5.74) is 2.54. The zero-order chi connectivity index (χ0) is 28.2. The Balaban J connectivity index is 1.16. The van der Waals surface area contributed by atoms with Crippen molar-refractivity contribution in [1.82, 2.24) is 0 Å². The first-order valence-electron chi connectivity index (χ1n) is 13.0. The highest BCUT2D eigenvalue weighted by atomic mass is 16.5. The summed E-state index contributed by atoms with van der Waals surface area (Å²) in [6, 6.07) is 22.2. The van der Waals surface area contributed by atoms with Gasteiger partial charge in [0.05, 0.1) is 35.8 Å². The fraction of sp³-hybridized carbons (Fsp3) is 0.258. The van der Waals surface area contributed by atoms with Gasteiger partial charge in [-0.3, -0.25) is 19.3 Å². The summed E-state index contributed by atoms with van der Waals surface area (Å²) in [6.07, 6.45) is 2.15. The van der Waals surface area contributed by atoms with Gasteiger partial charge in [-0.25, -0.2) is 9.59 Å². The van der Waals surface area contributed by atoms with Crippen LogP contribution in [-0.4, -0.2) is 43.4 Å². The summed E-state index contributed by atoms with van der Waals surface area (Å²) < 4.78 is 9.74. The number of esters is 2. The molecule has 0 radical (unpaired) electrons. The van der Waals surface area contributed by atoms with Crippen LogP contribution < -0.4 is 10.2 Å². The Morgan fingerprint density at radius 1 is 0.800 bits per heavy atom. The Hall–Kier alpha value is -4.79. The number of imide groups is 1.